The summed E-state index contributed by atoms with van der Waals surface area (Å²) in [6.45, 7) is -0.771. The highest BCUT2D eigenvalue weighted by molar-refractivity contribution is 4.94. The van der Waals surface area contributed by atoms with Gasteiger partial charge in [-0.25, -0.2) is 0 Å². The van der Waals surface area contributed by atoms with E-state index in [4.69, 9.17) is 0 Å². The van der Waals surface area contributed by atoms with Gasteiger partial charge in [0, 0.05) is 6.61 Å². The number of halogens is 13. The van der Waals surface area contributed by atoms with Crippen LogP contribution in [-0.2, 0) is 14.2 Å². The maximum atomic E-state index is 14.0. The Labute approximate surface area is 237 Å². The Morgan fingerprint density at radius 2 is 0.905 bits per heavy atom. The minimum absolute atomic E-state index is 0.0860. The van der Waals surface area contributed by atoms with Gasteiger partial charge in [-0.15, -0.1) is 0 Å². The van der Waals surface area contributed by atoms with Gasteiger partial charge in [0.25, 0.3) is 0 Å². The predicted molar refractivity (Wildman–Crippen MR) is 128 cm³/mol. The Morgan fingerprint density at radius 1 is 0.524 bits per heavy atom. The Balaban J connectivity index is 4.41. The number of unbranched alkanes of at least 4 members (excludes halogenated alkanes) is 15. The van der Waals surface area contributed by atoms with E-state index in [0.29, 0.717) is 12.8 Å². The molecule has 0 fully saturated rings. The molecule has 0 aromatic heterocycles. The van der Waals surface area contributed by atoms with E-state index >= 15 is 0 Å². The third-order valence-corrected chi connectivity index (χ3v) is 6.23. The van der Waals surface area contributed by atoms with Crippen molar-refractivity contribution in [3.63, 3.8) is 0 Å². The predicted octanol–water partition coefficient (Wildman–Crippen LogP) is 11.4. The first-order valence-electron chi connectivity index (χ1n) is 13.9. The van der Waals surface area contributed by atoms with Crippen LogP contribution in [0.3, 0.4) is 0 Å². The largest absolute Gasteiger partial charge is 0.471 e. The van der Waals surface area contributed by atoms with Gasteiger partial charge < -0.3 is 9.47 Å². The normalized spacial score (nSPS) is 14.6. The maximum absolute atomic E-state index is 14.0. The molecule has 0 rings (SSSR count). The van der Waals surface area contributed by atoms with Gasteiger partial charge in [0.15, 0.2) is 0 Å². The average Bonchev–Trinajstić information content (AvgIpc) is 2.86. The number of hydrogen-bond acceptors (Lipinski definition) is 3. The lowest BCUT2D eigenvalue weighted by atomic mass is 10.0. The number of hydrogen-bond donors (Lipinski definition) is 0. The van der Waals surface area contributed by atoms with Crippen molar-refractivity contribution in [3.05, 3.63) is 12.1 Å². The first kappa shape index (κ1) is 40.5. The number of rotatable bonds is 25. The van der Waals surface area contributed by atoms with Gasteiger partial charge in [-0.2, -0.15) is 57.1 Å². The van der Waals surface area contributed by atoms with Crippen molar-refractivity contribution in [1.29, 1.82) is 0 Å². The van der Waals surface area contributed by atoms with Crippen LogP contribution in [0.4, 0.5) is 57.1 Å². The van der Waals surface area contributed by atoms with E-state index < -0.39 is 55.5 Å². The Bertz CT molecular complexity index is 756. The Morgan fingerprint density at radius 3 is 1.26 bits per heavy atom. The number of alkyl halides is 10. The van der Waals surface area contributed by atoms with Crippen LogP contribution in [0, 0.1) is 0 Å². The van der Waals surface area contributed by atoms with Gasteiger partial charge in [-0.05, 0) is 6.42 Å². The molecule has 16 heteroatoms. The zero-order valence-corrected chi connectivity index (χ0v) is 23.4. The van der Waals surface area contributed by atoms with Crippen molar-refractivity contribution in [2.75, 3.05) is 13.2 Å². The van der Waals surface area contributed by atoms with E-state index in [1.165, 1.54) is 51.4 Å². The lowest BCUT2D eigenvalue weighted by molar-refractivity contribution is -0.517. The fraction of sp³-hybridized carbons (Fsp3) is 0.923. The molecular formula is C26H39F13O3. The average molecular weight is 647 g/mol. The molecule has 0 N–H and O–H groups in total. The summed E-state index contributed by atoms with van der Waals surface area (Å²) in [5, 5.41) is 0. The second-order valence-electron chi connectivity index (χ2n) is 9.93. The minimum atomic E-state index is -7.28. The molecule has 0 aromatic rings. The molecule has 0 saturated heterocycles. The van der Waals surface area contributed by atoms with Crippen LogP contribution in [0.5, 0.6) is 0 Å². The summed E-state index contributed by atoms with van der Waals surface area (Å²) in [5.74, 6) is -13.0. The first-order valence-corrected chi connectivity index (χ1v) is 13.9. The number of ether oxygens (including phenoxy) is 3. The molecule has 0 bridgehead atoms. The van der Waals surface area contributed by atoms with Crippen LogP contribution in [0.1, 0.15) is 110 Å². The van der Waals surface area contributed by atoms with Gasteiger partial charge in [-0.3, -0.25) is 4.74 Å². The van der Waals surface area contributed by atoms with E-state index in [1.807, 2.05) is 0 Å². The van der Waals surface area contributed by atoms with Gasteiger partial charge >= 0.3 is 42.3 Å². The zero-order chi connectivity index (χ0) is 32.5. The lowest BCUT2D eigenvalue weighted by Gasteiger charge is -2.37. The van der Waals surface area contributed by atoms with Crippen LogP contribution in [0.15, 0.2) is 12.1 Å². The third-order valence-electron chi connectivity index (χ3n) is 6.23. The maximum Gasteiger partial charge on any atom is 0.471 e. The van der Waals surface area contributed by atoms with E-state index in [-0.39, 0.29) is 6.42 Å². The van der Waals surface area contributed by atoms with Gasteiger partial charge in [0.2, 0.25) is 0 Å². The molecule has 0 aliphatic rings. The van der Waals surface area contributed by atoms with Crippen LogP contribution < -0.4 is 0 Å². The topological polar surface area (TPSA) is 27.7 Å². The lowest BCUT2D eigenvalue weighted by Crippen LogP contribution is -2.63. The summed E-state index contributed by atoms with van der Waals surface area (Å²) >= 11 is 0. The van der Waals surface area contributed by atoms with Crippen molar-refractivity contribution >= 4 is 0 Å². The SMILES string of the molecule is CCCCCCCCCCCCCCCCCCOCC(F)(F)C(F)(F)OC(F)(C(F)(F)F)C(F)(F)OC(F)=C(F)F. The van der Waals surface area contributed by atoms with Crippen LogP contribution in [0.25, 0.3) is 0 Å². The second kappa shape index (κ2) is 19.0. The van der Waals surface area contributed by atoms with E-state index in [0.717, 1.165) is 32.1 Å². The summed E-state index contributed by atoms with van der Waals surface area (Å²) in [6.07, 6.45) is -8.64. The summed E-state index contributed by atoms with van der Waals surface area (Å²) < 4.78 is 179. The highest BCUT2D eigenvalue weighted by Crippen LogP contribution is 2.52. The summed E-state index contributed by atoms with van der Waals surface area (Å²) in [7, 11) is 0. The Kier molecular flexibility index (Phi) is 18.4. The second-order valence-corrected chi connectivity index (χ2v) is 9.93. The van der Waals surface area contributed by atoms with Crippen LogP contribution >= 0.6 is 0 Å². The fourth-order valence-corrected chi connectivity index (χ4v) is 3.79. The zero-order valence-electron chi connectivity index (χ0n) is 23.4. The molecule has 1 atom stereocenters. The molecule has 252 valence electrons. The molecule has 42 heavy (non-hydrogen) atoms. The summed E-state index contributed by atoms with van der Waals surface area (Å²) in [4.78, 5) is 0. The van der Waals surface area contributed by atoms with E-state index in [2.05, 4.69) is 21.1 Å². The van der Waals surface area contributed by atoms with Crippen molar-refractivity contribution < 1.29 is 71.3 Å². The molecule has 0 aliphatic heterocycles. The monoisotopic (exact) mass is 646 g/mol. The highest BCUT2D eigenvalue weighted by atomic mass is 19.4. The van der Waals surface area contributed by atoms with Crippen molar-refractivity contribution in [3.8, 4) is 0 Å². The molecular weight excluding hydrogens is 607 g/mol. The third kappa shape index (κ3) is 14.3. The Hall–Kier alpha value is -1.45. The smallest absolute Gasteiger partial charge is 0.398 e. The van der Waals surface area contributed by atoms with Gasteiger partial charge in [0.1, 0.15) is 6.61 Å². The van der Waals surface area contributed by atoms with E-state index in [1.54, 1.807) is 0 Å². The van der Waals surface area contributed by atoms with Crippen LogP contribution in [0.2, 0.25) is 0 Å². The molecule has 0 aromatic carbocycles. The van der Waals surface area contributed by atoms with Gasteiger partial charge in [0.05, 0.1) is 0 Å². The molecule has 0 aliphatic carbocycles. The minimum Gasteiger partial charge on any atom is -0.398 e. The van der Waals surface area contributed by atoms with Crippen molar-refractivity contribution in [2.45, 2.75) is 140 Å². The van der Waals surface area contributed by atoms with E-state index in [9.17, 15) is 57.1 Å². The molecule has 3 nitrogen and oxygen atoms in total. The quantitative estimate of drug-likeness (QED) is 0.0561. The molecule has 0 amide bonds. The molecule has 1 unspecified atom stereocenters. The fourth-order valence-electron chi connectivity index (χ4n) is 3.79. The molecule has 0 radical (unpaired) electrons. The molecule has 0 heterocycles. The van der Waals surface area contributed by atoms with Crippen LogP contribution in [-0.4, -0.2) is 43.4 Å². The molecule has 0 saturated carbocycles. The summed E-state index contributed by atoms with van der Waals surface area (Å²) in [5.41, 5.74) is 0. The van der Waals surface area contributed by atoms with Crippen molar-refractivity contribution in [2.24, 2.45) is 0 Å². The standard InChI is InChI=1S/C26H39F13O3/c1-2-3-4-5-6-7-8-9-10-11-12-13-14-15-16-17-18-40-19-22(30,31)25(36,37)42-23(32,24(33,34)35)26(38,39)41-21(29)20(27)28/h2-19H2,1H3. The first-order chi connectivity index (χ1) is 19.3. The van der Waals surface area contributed by atoms with Crippen molar-refractivity contribution in [1.82, 2.24) is 0 Å². The molecule has 0 spiro atoms. The van der Waals surface area contributed by atoms with Gasteiger partial charge in [-0.1, -0.05) is 103 Å². The highest BCUT2D eigenvalue weighted by Gasteiger charge is 2.81. The summed E-state index contributed by atoms with van der Waals surface area (Å²) in [6, 6.07) is -3.79.